The van der Waals surface area contributed by atoms with Crippen molar-refractivity contribution in [3.05, 3.63) is 53.1 Å². The Labute approximate surface area is 383 Å². The van der Waals surface area contributed by atoms with E-state index < -0.39 is 24.0 Å². The maximum Gasteiger partial charge on any atom is 0.311 e. The number of aryl methyl sites for hydroxylation is 2. The standard InChI is InChI=1S/C54H90O9/c1-6-8-10-12-14-16-18-20-22-24-26-28-30-32-34-36-50(56)60-43-49(44-61-51(57)37-35-33-31-29-27-25-23-21-19-17-15-13-11-9-7-2)62-52(58)38-45(3)39-53(59)63-54-46(4)40-48(42-55)41-47(54)5/h20-23,40-41,45,49,55H,6-19,24-39,42-44H2,1-5H3/b22-20-,23-21-. The minimum Gasteiger partial charge on any atom is -0.462 e. The maximum atomic E-state index is 13.0. The zero-order valence-electron chi connectivity index (χ0n) is 40.7. The molecule has 0 radical (unpaired) electrons. The lowest BCUT2D eigenvalue weighted by atomic mass is 10.0. The minimum atomic E-state index is -0.955. The number of hydrogen-bond donors (Lipinski definition) is 1. The number of benzene rings is 1. The highest BCUT2D eigenvalue weighted by Gasteiger charge is 2.23. The Morgan fingerprint density at radius 3 is 1.29 bits per heavy atom. The van der Waals surface area contributed by atoms with Crippen molar-refractivity contribution in [3.63, 3.8) is 0 Å². The number of ether oxygens (including phenoxy) is 4. The molecule has 0 aliphatic heterocycles. The Hall–Kier alpha value is -3.46. The van der Waals surface area contributed by atoms with Crippen LogP contribution in [-0.4, -0.2) is 48.3 Å². The fourth-order valence-electron chi connectivity index (χ4n) is 7.64. The normalized spacial score (nSPS) is 12.0. The summed E-state index contributed by atoms with van der Waals surface area (Å²) in [6.07, 6.45) is 39.2. The Kier molecular flexibility index (Phi) is 36.6. The van der Waals surface area contributed by atoms with E-state index in [-0.39, 0.29) is 57.4 Å². The summed E-state index contributed by atoms with van der Waals surface area (Å²) in [6.45, 7) is 9.35. The summed E-state index contributed by atoms with van der Waals surface area (Å²) in [4.78, 5) is 51.2. The molecule has 0 bridgehead atoms. The molecule has 0 saturated carbocycles. The average Bonchev–Trinajstić information content (AvgIpc) is 3.25. The summed E-state index contributed by atoms with van der Waals surface area (Å²) < 4.78 is 22.3. The van der Waals surface area contributed by atoms with Crippen LogP contribution in [0.5, 0.6) is 5.75 Å². The predicted molar refractivity (Wildman–Crippen MR) is 257 cm³/mol. The van der Waals surface area contributed by atoms with Crippen molar-refractivity contribution < 1.29 is 43.2 Å². The average molecular weight is 883 g/mol. The van der Waals surface area contributed by atoms with Gasteiger partial charge in [-0.05, 0) is 101 Å². The van der Waals surface area contributed by atoms with Gasteiger partial charge in [0.15, 0.2) is 6.10 Å². The van der Waals surface area contributed by atoms with Crippen LogP contribution in [0, 0.1) is 19.8 Å². The summed E-state index contributed by atoms with van der Waals surface area (Å²) in [7, 11) is 0. The maximum absolute atomic E-state index is 13.0. The predicted octanol–water partition coefficient (Wildman–Crippen LogP) is 14.2. The van der Waals surface area contributed by atoms with Gasteiger partial charge in [-0.3, -0.25) is 19.2 Å². The topological polar surface area (TPSA) is 125 Å². The van der Waals surface area contributed by atoms with E-state index in [4.69, 9.17) is 18.9 Å². The van der Waals surface area contributed by atoms with Crippen molar-refractivity contribution >= 4 is 23.9 Å². The van der Waals surface area contributed by atoms with Gasteiger partial charge in [0.25, 0.3) is 0 Å². The van der Waals surface area contributed by atoms with Gasteiger partial charge in [0.1, 0.15) is 19.0 Å². The van der Waals surface area contributed by atoms with Crippen LogP contribution < -0.4 is 4.74 Å². The molecule has 0 aliphatic rings. The highest BCUT2D eigenvalue weighted by molar-refractivity contribution is 5.75. The lowest BCUT2D eigenvalue weighted by Gasteiger charge is -2.19. The van der Waals surface area contributed by atoms with Crippen molar-refractivity contribution in [1.82, 2.24) is 0 Å². The molecule has 0 saturated heterocycles. The van der Waals surface area contributed by atoms with E-state index in [1.165, 1.54) is 89.9 Å². The van der Waals surface area contributed by atoms with E-state index in [2.05, 4.69) is 38.2 Å². The zero-order valence-corrected chi connectivity index (χ0v) is 40.7. The lowest BCUT2D eigenvalue weighted by Crippen LogP contribution is -2.31. The first kappa shape index (κ1) is 57.6. The van der Waals surface area contributed by atoms with Gasteiger partial charge < -0.3 is 24.1 Å². The summed E-state index contributed by atoms with van der Waals surface area (Å²) in [5.74, 6) is -1.76. The highest BCUT2D eigenvalue weighted by Crippen LogP contribution is 2.26. The second kappa shape index (κ2) is 40.1. The third-order valence-corrected chi connectivity index (χ3v) is 11.4. The Morgan fingerprint density at radius 1 is 0.524 bits per heavy atom. The second-order valence-corrected chi connectivity index (χ2v) is 17.9. The number of rotatable bonds is 41. The molecule has 1 unspecified atom stereocenters. The van der Waals surface area contributed by atoms with E-state index in [0.717, 1.165) is 93.7 Å². The summed E-state index contributed by atoms with van der Waals surface area (Å²) >= 11 is 0. The molecule has 0 fully saturated rings. The monoisotopic (exact) mass is 883 g/mol. The van der Waals surface area contributed by atoms with Crippen LogP contribution in [0.25, 0.3) is 0 Å². The molecule has 1 atom stereocenters. The Bertz CT molecular complexity index is 1320. The SMILES string of the molecule is CCCCCCCC/C=C\CCCCCCCC(=O)OCC(COC(=O)CCCCCCC/C=C\CCCCCCCC)OC(=O)CC(C)CC(=O)Oc1c(C)cc(CO)cc1C. The van der Waals surface area contributed by atoms with E-state index in [9.17, 15) is 24.3 Å². The number of carbonyl (C=O) groups excluding carboxylic acids is 4. The van der Waals surface area contributed by atoms with Crippen LogP contribution in [0.15, 0.2) is 36.4 Å². The fourth-order valence-corrected chi connectivity index (χ4v) is 7.64. The van der Waals surface area contributed by atoms with Gasteiger partial charge in [0.2, 0.25) is 0 Å². The number of esters is 4. The molecular formula is C54H90O9. The second-order valence-electron chi connectivity index (χ2n) is 17.9. The Morgan fingerprint density at radius 2 is 0.889 bits per heavy atom. The van der Waals surface area contributed by atoms with Crippen molar-refractivity contribution in [2.24, 2.45) is 5.92 Å². The molecule has 0 spiro atoms. The molecule has 9 nitrogen and oxygen atoms in total. The zero-order chi connectivity index (χ0) is 46.2. The number of aliphatic hydroxyl groups is 1. The first-order valence-electron chi connectivity index (χ1n) is 25.3. The number of allylic oxidation sites excluding steroid dienone is 4. The third-order valence-electron chi connectivity index (χ3n) is 11.4. The smallest absolute Gasteiger partial charge is 0.311 e. The molecule has 0 amide bonds. The van der Waals surface area contributed by atoms with Crippen LogP contribution >= 0.6 is 0 Å². The van der Waals surface area contributed by atoms with Gasteiger partial charge in [0, 0.05) is 25.7 Å². The fraction of sp³-hybridized carbons (Fsp3) is 0.741. The van der Waals surface area contributed by atoms with Crippen molar-refractivity contribution in [3.8, 4) is 5.75 Å². The third kappa shape index (κ3) is 33.7. The van der Waals surface area contributed by atoms with Gasteiger partial charge in [-0.2, -0.15) is 0 Å². The summed E-state index contributed by atoms with van der Waals surface area (Å²) in [5.41, 5.74) is 2.21. The van der Waals surface area contributed by atoms with Crippen molar-refractivity contribution in [2.45, 2.75) is 240 Å². The van der Waals surface area contributed by atoms with Crippen LogP contribution in [-0.2, 0) is 40.0 Å². The number of carbonyl (C=O) groups is 4. The van der Waals surface area contributed by atoms with Gasteiger partial charge in [-0.15, -0.1) is 0 Å². The van der Waals surface area contributed by atoms with Crippen molar-refractivity contribution in [1.29, 1.82) is 0 Å². The van der Waals surface area contributed by atoms with Crippen LogP contribution in [0.1, 0.15) is 230 Å². The number of aliphatic hydroxyl groups excluding tert-OH is 1. The first-order valence-corrected chi connectivity index (χ1v) is 25.3. The molecule has 1 rings (SSSR count). The van der Waals surface area contributed by atoms with Crippen LogP contribution in [0.4, 0.5) is 0 Å². The quantitative estimate of drug-likeness (QED) is 0.0225. The highest BCUT2D eigenvalue weighted by atomic mass is 16.6. The number of unbranched alkanes of at least 4 members (excludes halogenated alkanes) is 22. The Balaban J connectivity index is 2.48. The molecule has 360 valence electrons. The molecule has 0 heterocycles. The molecule has 9 heteroatoms. The molecule has 63 heavy (non-hydrogen) atoms. The van der Waals surface area contributed by atoms with Gasteiger partial charge in [0.05, 0.1) is 6.61 Å². The van der Waals surface area contributed by atoms with E-state index in [0.29, 0.717) is 5.75 Å². The van der Waals surface area contributed by atoms with Gasteiger partial charge >= 0.3 is 23.9 Å². The lowest BCUT2D eigenvalue weighted by molar-refractivity contribution is -0.167. The molecule has 1 aromatic rings. The van der Waals surface area contributed by atoms with E-state index in [1.807, 2.05) is 13.8 Å². The molecule has 1 aromatic carbocycles. The largest absolute Gasteiger partial charge is 0.462 e. The molecule has 0 aromatic heterocycles. The minimum absolute atomic E-state index is 0.0176. The summed E-state index contributed by atoms with van der Waals surface area (Å²) in [6, 6.07) is 3.54. The number of hydrogen-bond acceptors (Lipinski definition) is 9. The van der Waals surface area contributed by atoms with Crippen LogP contribution in [0.3, 0.4) is 0 Å². The van der Waals surface area contributed by atoms with Crippen LogP contribution in [0.2, 0.25) is 0 Å². The molecular weight excluding hydrogens is 793 g/mol. The van der Waals surface area contributed by atoms with E-state index in [1.54, 1.807) is 19.1 Å². The van der Waals surface area contributed by atoms with Gasteiger partial charge in [-0.25, -0.2) is 0 Å². The van der Waals surface area contributed by atoms with E-state index >= 15 is 0 Å². The molecule has 1 N–H and O–H groups in total. The van der Waals surface area contributed by atoms with Crippen molar-refractivity contribution in [2.75, 3.05) is 13.2 Å². The summed E-state index contributed by atoms with van der Waals surface area (Å²) in [5, 5.41) is 9.47. The molecule has 0 aliphatic carbocycles. The first-order chi connectivity index (χ1) is 30.6. The van der Waals surface area contributed by atoms with Gasteiger partial charge in [-0.1, -0.05) is 160 Å².